The Bertz CT molecular complexity index is 1200. The largest absolute Gasteiger partial charge is 0.353 e. The van der Waals surface area contributed by atoms with Gasteiger partial charge in [-0.05, 0) is 24.3 Å². The zero-order chi connectivity index (χ0) is 18.2. The highest BCUT2D eigenvalue weighted by Gasteiger charge is 2.14. The summed E-state index contributed by atoms with van der Waals surface area (Å²) >= 11 is 1.45. The maximum Gasteiger partial charge on any atom is 0.271 e. The van der Waals surface area contributed by atoms with Crippen molar-refractivity contribution in [2.24, 2.45) is 0 Å². The first kappa shape index (κ1) is 15.8. The van der Waals surface area contributed by atoms with E-state index in [0.717, 1.165) is 38.5 Å². The summed E-state index contributed by atoms with van der Waals surface area (Å²) in [5.74, 6) is 0.504. The normalized spacial score (nSPS) is 11.3. The quantitative estimate of drug-likeness (QED) is 0.443. The van der Waals surface area contributed by atoms with Crippen LogP contribution in [0.2, 0.25) is 0 Å². The Morgan fingerprint density at radius 1 is 1.00 bits per heavy atom. The number of nitrogens with zero attached hydrogens (tertiary/aromatic N) is 2. The molecule has 5 rings (SSSR count). The first-order chi connectivity index (χ1) is 13.3. The van der Waals surface area contributed by atoms with Crippen molar-refractivity contribution < 1.29 is 4.79 Å². The predicted octanol–water partition coefficient (Wildman–Crippen LogP) is 4.10. The Morgan fingerprint density at radius 2 is 1.81 bits per heavy atom. The van der Waals surface area contributed by atoms with E-state index in [1.165, 1.54) is 11.3 Å². The molecule has 1 amide bonds. The van der Waals surface area contributed by atoms with Gasteiger partial charge in [0.1, 0.15) is 16.5 Å². The van der Waals surface area contributed by atoms with Crippen molar-refractivity contribution in [1.29, 1.82) is 0 Å². The number of nitrogens with one attached hydrogen (secondary N) is 3. The molecule has 3 N–H and O–H groups in total. The summed E-state index contributed by atoms with van der Waals surface area (Å²) in [5, 5.41) is 6.56. The zero-order valence-corrected chi connectivity index (χ0v) is 15.0. The molecule has 7 heteroatoms. The maximum absolute atomic E-state index is 12.4. The van der Waals surface area contributed by atoms with Gasteiger partial charge in [-0.15, -0.1) is 11.3 Å². The van der Waals surface area contributed by atoms with E-state index >= 15 is 0 Å². The van der Waals surface area contributed by atoms with Crippen LogP contribution in [0, 0.1) is 0 Å². The van der Waals surface area contributed by atoms with Gasteiger partial charge in [0.25, 0.3) is 5.91 Å². The Balaban J connectivity index is 1.32. The number of thiazole rings is 1. The molecule has 0 saturated carbocycles. The van der Waals surface area contributed by atoms with Crippen LogP contribution in [-0.4, -0.2) is 25.8 Å². The number of benzene rings is 2. The topological polar surface area (TPSA) is 86.5 Å². The fraction of sp³-hybridized carbons (Fsp3) is 0.0500. The monoisotopic (exact) mass is 373 g/mol. The van der Waals surface area contributed by atoms with Crippen LogP contribution in [0.4, 0.5) is 0 Å². The summed E-state index contributed by atoms with van der Waals surface area (Å²) in [4.78, 5) is 27.9. The van der Waals surface area contributed by atoms with E-state index in [9.17, 15) is 4.79 Å². The van der Waals surface area contributed by atoms with Crippen LogP contribution in [-0.2, 0) is 6.54 Å². The Morgan fingerprint density at radius 3 is 2.67 bits per heavy atom. The Kier molecular flexibility index (Phi) is 3.72. The van der Waals surface area contributed by atoms with E-state index in [4.69, 9.17) is 0 Å². The van der Waals surface area contributed by atoms with Gasteiger partial charge in [0.15, 0.2) is 0 Å². The number of hydrogen-bond donors (Lipinski definition) is 3. The lowest BCUT2D eigenvalue weighted by molar-refractivity contribution is 0.0946. The van der Waals surface area contributed by atoms with Crippen molar-refractivity contribution in [3.05, 3.63) is 71.5 Å². The van der Waals surface area contributed by atoms with E-state index in [1.807, 2.05) is 54.6 Å². The molecule has 0 fully saturated rings. The molecule has 0 saturated heterocycles. The second-order valence-electron chi connectivity index (χ2n) is 6.19. The number of H-pyrrole nitrogens is 2. The third-order valence-electron chi connectivity index (χ3n) is 4.35. The third kappa shape index (κ3) is 2.98. The van der Waals surface area contributed by atoms with Gasteiger partial charge in [-0.3, -0.25) is 4.79 Å². The van der Waals surface area contributed by atoms with E-state index in [-0.39, 0.29) is 5.91 Å². The molecule has 27 heavy (non-hydrogen) atoms. The number of carbonyl (C=O) groups excluding carboxylic acids is 1. The average Bonchev–Trinajstić information content (AvgIpc) is 3.42. The van der Waals surface area contributed by atoms with Crippen LogP contribution in [0.3, 0.4) is 0 Å². The summed E-state index contributed by atoms with van der Waals surface area (Å²) in [6.07, 6.45) is 0. The number of imidazole rings is 1. The summed E-state index contributed by atoms with van der Waals surface area (Å²) in [7, 11) is 0. The summed E-state index contributed by atoms with van der Waals surface area (Å²) in [6.45, 7) is 0.326. The molecular formula is C20H15N5OS. The molecule has 0 radical (unpaired) electrons. The second kappa shape index (κ2) is 6.37. The minimum Gasteiger partial charge on any atom is -0.353 e. The van der Waals surface area contributed by atoms with Crippen LogP contribution in [0.1, 0.15) is 16.3 Å². The molecule has 132 valence electrons. The smallest absolute Gasteiger partial charge is 0.271 e. The lowest BCUT2D eigenvalue weighted by Gasteiger charge is -1.99. The van der Waals surface area contributed by atoms with Gasteiger partial charge >= 0.3 is 0 Å². The standard InChI is InChI=1S/C20H15N5OS/c26-19(21-10-18-23-14-7-3-4-8-15(14)24-18)17-11-27-20(25-17)16-9-12-5-1-2-6-13(12)22-16/h1-9,11,22H,10H2,(H,21,26)(H,23,24). The van der Waals surface area contributed by atoms with E-state index < -0.39 is 0 Å². The van der Waals surface area contributed by atoms with Gasteiger partial charge in [0, 0.05) is 16.3 Å². The highest BCUT2D eigenvalue weighted by atomic mass is 32.1. The van der Waals surface area contributed by atoms with E-state index in [1.54, 1.807) is 5.38 Å². The SMILES string of the molecule is O=C(NCc1nc2ccccc2[nH]1)c1csc(-c2cc3ccccc3[nH]2)n1. The molecule has 2 aromatic carbocycles. The molecule has 0 aliphatic heterocycles. The minimum absolute atomic E-state index is 0.214. The molecule has 0 aliphatic rings. The first-order valence-electron chi connectivity index (χ1n) is 8.52. The molecule has 0 spiro atoms. The van der Waals surface area contributed by atoms with Crippen LogP contribution >= 0.6 is 11.3 Å². The van der Waals surface area contributed by atoms with Crippen LogP contribution in [0.25, 0.3) is 32.6 Å². The van der Waals surface area contributed by atoms with Gasteiger partial charge in [0.2, 0.25) is 0 Å². The minimum atomic E-state index is -0.214. The van der Waals surface area contributed by atoms with Crippen molar-refractivity contribution in [3.8, 4) is 10.7 Å². The second-order valence-corrected chi connectivity index (χ2v) is 7.05. The third-order valence-corrected chi connectivity index (χ3v) is 5.23. The van der Waals surface area contributed by atoms with Gasteiger partial charge in [0.05, 0.1) is 23.3 Å². The number of fused-ring (bicyclic) bond motifs is 2. The van der Waals surface area contributed by atoms with Crippen LogP contribution in [0.5, 0.6) is 0 Å². The number of amides is 1. The number of rotatable bonds is 4. The number of aromatic nitrogens is 4. The fourth-order valence-electron chi connectivity index (χ4n) is 3.03. The van der Waals surface area contributed by atoms with Crippen molar-refractivity contribution in [2.45, 2.75) is 6.54 Å². The predicted molar refractivity (Wildman–Crippen MR) is 107 cm³/mol. The molecule has 0 unspecified atom stereocenters. The fourth-order valence-corrected chi connectivity index (χ4v) is 3.81. The number of para-hydroxylation sites is 3. The summed E-state index contributed by atoms with van der Waals surface area (Å²) < 4.78 is 0. The van der Waals surface area contributed by atoms with Crippen molar-refractivity contribution in [1.82, 2.24) is 25.3 Å². The van der Waals surface area contributed by atoms with Crippen molar-refractivity contribution in [3.63, 3.8) is 0 Å². The lowest BCUT2D eigenvalue weighted by Crippen LogP contribution is -2.23. The van der Waals surface area contributed by atoms with Crippen molar-refractivity contribution >= 4 is 39.2 Å². The highest BCUT2D eigenvalue weighted by Crippen LogP contribution is 2.26. The molecule has 3 heterocycles. The zero-order valence-electron chi connectivity index (χ0n) is 14.2. The number of aromatic amines is 2. The summed E-state index contributed by atoms with van der Waals surface area (Å²) in [6, 6.07) is 17.9. The Labute approximate surface area is 158 Å². The summed E-state index contributed by atoms with van der Waals surface area (Å²) in [5.41, 5.74) is 4.22. The average molecular weight is 373 g/mol. The maximum atomic E-state index is 12.4. The lowest BCUT2D eigenvalue weighted by atomic mass is 10.2. The number of carbonyl (C=O) groups is 1. The molecule has 3 aromatic heterocycles. The van der Waals surface area contributed by atoms with Crippen LogP contribution < -0.4 is 5.32 Å². The molecule has 0 atom stereocenters. The van der Waals surface area contributed by atoms with Gasteiger partial charge in [-0.1, -0.05) is 30.3 Å². The van der Waals surface area contributed by atoms with E-state index in [2.05, 4.69) is 25.3 Å². The molecule has 5 aromatic rings. The first-order valence-corrected chi connectivity index (χ1v) is 9.40. The Hall–Kier alpha value is -3.45. The highest BCUT2D eigenvalue weighted by molar-refractivity contribution is 7.13. The molecule has 0 aliphatic carbocycles. The number of hydrogen-bond acceptors (Lipinski definition) is 4. The molecule has 6 nitrogen and oxygen atoms in total. The van der Waals surface area contributed by atoms with Gasteiger partial charge in [-0.2, -0.15) is 0 Å². The van der Waals surface area contributed by atoms with Gasteiger partial charge < -0.3 is 15.3 Å². The van der Waals surface area contributed by atoms with E-state index in [0.29, 0.717) is 12.2 Å². The van der Waals surface area contributed by atoms with Gasteiger partial charge in [-0.25, -0.2) is 9.97 Å². The van der Waals surface area contributed by atoms with Crippen molar-refractivity contribution in [2.75, 3.05) is 0 Å². The van der Waals surface area contributed by atoms with Crippen LogP contribution in [0.15, 0.2) is 60.0 Å². The molecular weight excluding hydrogens is 358 g/mol. The molecule has 0 bridgehead atoms.